The maximum atomic E-state index is 12.7. The number of carbonyl (C=O) groups is 1. The number of benzene rings is 2. The highest BCUT2D eigenvalue weighted by molar-refractivity contribution is 5.85. The van der Waals surface area contributed by atoms with Crippen LogP contribution in [0.1, 0.15) is 46.6 Å². The van der Waals surface area contributed by atoms with Gasteiger partial charge >= 0.3 is 6.09 Å². The van der Waals surface area contributed by atoms with Crippen LogP contribution >= 0.6 is 0 Å². The van der Waals surface area contributed by atoms with Gasteiger partial charge in [-0.25, -0.2) is 4.79 Å². The molecule has 134 valence electrons. The van der Waals surface area contributed by atoms with E-state index in [1.54, 1.807) is 0 Å². The van der Waals surface area contributed by atoms with Crippen LogP contribution < -0.4 is 0 Å². The van der Waals surface area contributed by atoms with Crippen LogP contribution in [0, 0.1) is 5.41 Å². The van der Waals surface area contributed by atoms with E-state index in [1.807, 2.05) is 25.7 Å². The van der Waals surface area contributed by atoms with Crippen LogP contribution in [-0.4, -0.2) is 29.2 Å². The number of likely N-dealkylation sites (tertiary alicyclic amines) is 1. The van der Waals surface area contributed by atoms with Crippen LogP contribution in [0.25, 0.3) is 10.8 Å². The largest absolute Gasteiger partial charge is 0.444 e. The predicted molar refractivity (Wildman–Crippen MR) is 103 cm³/mol. The SMILES string of the molecule is CC1(C)CC(Cc2cccc3ccccc23)N(C(=O)OC(C)(C)C)C1. The van der Waals surface area contributed by atoms with Crippen molar-refractivity contribution in [2.75, 3.05) is 6.54 Å². The molecule has 1 amide bonds. The van der Waals surface area contributed by atoms with Crippen LogP contribution in [-0.2, 0) is 11.2 Å². The molecule has 0 aromatic heterocycles. The summed E-state index contributed by atoms with van der Waals surface area (Å²) in [5, 5.41) is 2.53. The molecule has 2 aromatic carbocycles. The molecule has 3 rings (SSSR count). The van der Waals surface area contributed by atoms with Crippen molar-refractivity contribution in [1.82, 2.24) is 4.90 Å². The summed E-state index contributed by atoms with van der Waals surface area (Å²) in [7, 11) is 0. The second-order valence-corrected chi connectivity index (χ2v) is 8.97. The smallest absolute Gasteiger partial charge is 0.410 e. The Kier molecular flexibility index (Phi) is 4.52. The lowest BCUT2D eigenvalue weighted by Crippen LogP contribution is -2.41. The summed E-state index contributed by atoms with van der Waals surface area (Å²) in [4.78, 5) is 14.7. The third-order valence-corrected chi connectivity index (χ3v) is 4.79. The molecule has 0 bridgehead atoms. The Morgan fingerprint density at radius 2 is 1.84 bits per heavy atom. The molecule has 2 aromatic rings. The fourth-order valence-corrected chi connectivity index (χ4v) is 3.84. The maximum Gasteiger partial charge on any atom is 0.410 e. The van der Waals surface area contributed by atoms with Crippen LogP contribution in [0.15, 0.2) is 42.5 Å². The monoisotopic (exact) mass is 339 g/mol. The second-order valence-electron chi connectivity index (χ2n) is 8.97. The zero-order chi connectivity index (χ0) is 18.2. The standard InChI is InChI=1S/C22H29NO2/c1-21(2,3)25-20(24)23-15-22(4,5)14-18(23)13-17-11-8-10-16-9-6-7-12-19(16)17/h6-12,18H,13-15H2,1-5H3. The van der Waals surface area contributed by atoms with Crippen LogP contribution in [0.4, 0.5) is 4.79 Å². The Hall–Kier alpha value is -2.03. The molecule has 3 heteroatoms. The minimum atomic E-state index is -0.464. The highest BCUT2D eigenvalue weighted by Gasteiger charge is 2.41. The number of amides is 1. The lowest BCUT2D eigenvalue weighted by atomic mass is 9.88. The molecule has 1 heterocycles. The molecular weight excluding hydrogens is 310 g/mol. The van der Waals surface area contributed by atoms with Gasteiger partial charge in [-0.2, -0.15) is 0 Å². The van der Waals surface area contributed by atoms with Crippen molar-refractivity contribution in [1.29, 1.82) is 0 Å². The number of hydrogen-bond acceptors (Lipinski definition) is 2. The van der Waals surface area contributed by atoms with E-state index in [-0.39, 0.29) is 17.6 Å². The van der Waals surface area contributed by atoms with Gasteiger partial charge in [-0.3, -0.25) is 0 Å². The van der Waals surface area contributed by atoms with Gasteiger partial charge in [-0.1, -0.05) is 56.3 Å². The van der Waals surface area contributed by atoms with E-state index < -0.39 is 5.60 Å². The normalized spacial score (nSPS) is 20.0. The molecule has 1 saturated heterocycles. The van der Waals surface area contributed by atoms with E-state index in [2.05, 4.69) is 56.3 Å². The molecule has 0 radical (unpaired) electrons. The summed E-state index contributed by atoms with van der Waals surface area (Å²) in [6, 6.07) is 15.1. The zero-order valence-corrected chi connectivity index (χ0v) is 16.0. The average molecular weight is 339 g/mol. The highest BCUT2D eigenvalue weighted by atomic mass is 16.6. The molecule has 0 saturated carbocycles. The van der Waals surface area contributed by atoms with Crippen molar-refractivity contribution in [3.05, 3.63) is 48.0 Å². The van der Waals surface area contributed by atoms with Crippen LogP contribution in [0.2, 0.25) is 0 Å². The first-order valence-electron chi connectivity index (χ1n) is 9.11. The molecule has 0 N–H and O–H groups in total. The number of carbonyl (C=O) groups excluding carboxylic acids is 1. The van der Waals surface area contributed by atoms with Gasteiger partial charge in [-0.15, -0.1) is 0 Å². The fourth-order valence-electron chi connectivity index (χ4n) is 3.84. The van der Waals surface area contributed by atoms with Crippen molar-refractivity contribution in [3.63, 3.8) is 0 Å². The first kappa shape index (κ1) is 17.8. The van der Waals surface area contributed by atoms with Crippen molar-refractivity contribution >= 4 is 16.9 Å². The van der Waals surface area contributed by atoms with Gasteiger partial charge in [-0.05, 0) is 55.4 Å². The Bertz CT molecular complexity index is 768. The molecule has 1 aliphatic heterocycles. The predicted octanol–water partition coefficient (Wildman–Crippen LogP) is 5.42. The quantitative estimate of drug-likeness (QED) is 0.731. The first-order chi connectivity index (χ1) is 11.6. The summed E-state index contributed by atoms with van der Waals surface area (Å²) in [5.41, 5.74) is 0.953. The topological polar surface area (TPSA) is 29.5 Å². The van der Waals surface area contributed by atoms with Gasteiger partial charge in [0.1, 0.15) is 5.60 Å². The van der Waals surface area contributed by atoms with E-state index in [9.17, 15) is 4.79 Å². The summed E-state index contributed by atoms with van der Waals surface area (Å²) in [5.74, 6) is 0. The van der Waals surface area contributed by atoms with E-state index >= 15 is 0 Å². The molecule has 1 aliphatic rings. The molecule has 1 atom stereocenters. The molecule has 0 spiro atoms. The van der Waals surface area contributed by atoms with E-state index in [4.69, 9.17) is 4.74 Å². The van der Waals surface area contributed by atoms with Gasteiger partial charge < -0.3 is 9.64 Å². The lowest BCUT2D eigenvalue weighted by Gasteiger charge is -2.29. The molecule has 0 aliphatic carbocycles. The molecule has 1 fully saturated rings. The summed E-state index contributed by atoms with van der Waals surface area (Å²) < 4.78 is 5.66. The Labute approximate surface area is 151 Å². The minimum Gasteiger partial charge on any atom is -0.444 e. The summed E-state index contributed by atoms with van der Waals surface area (Å²) >= 11 is 0. The number of rotatable bonds is 2. The number of nitrogens with zero attached hydrogens (tertiary/aromatic N) is 1. The van der Waals surface area contributed by atoms with Crippen LogP contribution in [0.5, 0.6) is 0 Å². The van der Waals surface area contributed by atoms with Crippen LogP contribution in [0.3, 0.4) is 0 Å². The van der Waals surface area contributed by atoms with Gasteiger partial charge in [0.15, 0.2) is 0 Å². The minimum absolute atomic E-state index is 0.117. The molecular formula is C22H29NO2. The number of fused-ring (bicyclic) bond motifs is 1. The molecule has 1 unspecified atom stereocenters. The third-order valence-electron chi connectivity index (χ3n) is 4.79. The Balaban J connectivity index is 1.87. The van der Waals surface area contributed by atoms with E-state index in [1.165, 1.54) is 16.3 Å². The van der Waals surface area contributed by atoms with Crippen molar-refractivity contribution in [2.45, 2.75) is 59.1 Å². The molecule has 3 nitrogen and oxygen atoms in total. The van der Waals surface area contributed by atoms with Gasteiger partial charge in [0.05, 0.1) is 0 Å². The van der Waals surface area contributed by atoms with Gasteiger partial charge in [0, 0.05) is 12.6 Å². The summed E-state index contributed by atoms with van der Waals surface area (Å²) in [6.07, 6.45) is 1.67. The van der Waals surface area contributed by atoms with Gasteiger partial charge in [0.25, 0.3) is 0 Å². The number of hydrogen-bond donors (Lipinski definition) is 0. The zero-order valence-electron chi connectivity index (χ0n) is 16.0. The van der Waals surface area contributed by atoms with Gasteiger partial charge in [0.2, 0.25) is 0 Å². The van der Waals surface area contributed by atoms with Crippen molar-refractivity contribution < 1.29 is 9.53 Å². The fraction of sp³-hybridized carbons (Fsp3) is 0.500. The van der Waals surface area contributed by atoms with E-state index in [0.717, 1.165) is 19.4 Å². The Morgan fingerprint density at radius 3 is 2.56 bits per heavy atom. The Morgan fingerprint density at radius 1 is 1.16 bits per heavy atom. The van der Waals surface area contributed by atoms with E-state index in [0.29, 0.717) is 0 Å². The number of ether oxygens (including phenoxy) is 1. The van der Waals surface area contributed by atoms with Crippen molar-refractivity contribution in [2.24, 2.45) is 5.41 Å². The molecule has 25 heavy (non-hydrogen) atoms. The average Bonchev–Trinajstić information content (AvgIpc) is 2.81. The first-order valence-corrected chi connectivity index (χ1v) is 9.11. The third kappa shape index (κ3) is 4.15. The highest BCUT2D eigenvalue weighted by Crippen LogP contribution is 2.37. The lowest BCUT2D eigenvalue weighted by molar-refractivity contribution is 0.0214. The maximum absolute atomic E-state index is 12.7. The summed E-state index contributed by atoms with van der Waals surface area (Å²) in [6.45, 7) is 11.0. The van der Waals surface area contributed by atoms with Crippen molar-refractivity contribution in [3.8, 4) is 0 Å². The second kappa shape index (κ2) is 6.36.